The van der Waals surface area contributed by atoms with E-state index in [1.165, 1.54) is 23.1 Å². The Kier molecular flexibility index (Phi) is 26.0. The number of nitrogens with zero attached hydrogens (tertiary/aromatic N) is 16. The summed E-state index contributed by atoms with van der Waals surface area (Å²) in [5.41, 5.74) is 19.4. The molecular weight excluding hydrogens is 1570 g/mol. The zero-order valence-corrected chi connectivity index (χ0v) is 72.4. The number of unbranched alkanes of at least 4 members (excludes halogenated alkanes) is 1. The number of benzene rings is 4. The van der Waals surface area contributed by atoms with Gasteiger partial charge in [0.15, 0.2) is 16.9 Å². The molecule has 0 unspecified atom stereocenters. The molecule has 12 aromatic heterocycles. The summed E-state index contributed by atoms with van der Waals surface area (Å²) in [6, 6.07) is 36.3. The number of rotatable bonds is 21. The monoisotopic (exact) mass is 1670 g/mol. The first kappa shape index (κ1) is 85.3. The van der Waals surface area contributed by atoms with E-state index >= 15 is 0 Å². The molecule has 16 aromatic rings. The number of anilines is 1. The molecule has 3 saturated heterocycles. The van der Waals surface area contributed by atoms with E-state index in [0.717, 1.165) is 225 Å². The van der Waals surface area contributed by atoms with Crippen LogP contribution < -0.4 is 32.7 Å². The van der Waals surface area contributed by atoms with Gasteiger partial charge in [0.1, 0.15) is 28.0 Å². The maximum Gasteiger partial charge on any atom is 0.345 e. The third-order valence-corrected chi connectivity index (χ3v) is 23.8. The molecule has 3 aliphatic rings. The molecule has 27 heteroatoms. The first-order valence-corrected chi connectivity index (χ1v) is 43.2. The molecule has 2 N–H and O–H groups in total. The number of hydrogen-bond donors (Lipinski definition) is 2. The van der Waals surface area contributed by atoms with Crippen LogP contribution in [0, 0.1) is 48.5 Å². The van der Waals surface area contributed by atoms with Gasteiger partial charge in [-0.25, -0.2) is 39.1 Å². The number of imidazole rings is 4. The Morgan fingerprint density at radius 1 is 0.452 bits per heavy atom. The standard InChI is InChI=1S/C25H27FN4O2.C25H29N5O3.C25H29N5O2.C22H23N3O2/c1-16-14-30-15-22(28-24(30)17(2)27-16)21-12-20-5-4-19(13-23(20)32-25(21)31)18-6-10-29(11-7-18)9-3-8-26;1-16-13-30-15-22(27-24(30)18(3)26-16)21-11-19-5-6-20(12-23(19)33-25(21)32)29-9-8-28(7-4-10-31)17(2)14-29;1-17-15-30-16-22(28-24(30)18(2)27-17)21-14-20-7-6-19(13-23(20)32-25(21)31)5-3-4-10-29-11-8-26-9-12-29;1-15-13-25-14-18(8-9-21(25)23-15)19-12-17-7-6-16(5-4-10-24(2)3)11-20(17)27-22(19)26/h4-5,12-15,18H,3,6-11H2,1-2H3;5-6,11-13,15,17,31H,4,7-10,14H2,1-3H3;6-7,13-16,26H,3-5,8-12H2,1-2H3;6-9,11-14H,4-5,10H2,1-3H3/t;17-;;/m.0../s1. The molecule has 0 saturated carbocycles. The van der Waals surface area contributed by atoms with E-state index in [1.54, 1.807) is 0 Å². The number of likely N-dealkylation sites (tertiary alicyclic amines) is 1. The minimum absolute atomic E-state index is 0.226. The highest BCUT2D eigenvalue weighted by molar-refractivity contribution is 5.86. The molecule has 3 aliphatic heterocycles. The van der Waals surface area contributed by atoms with Crippen molar-refractivity contribution < 1.29 is 27.2 Å². The second-order valence-electron chi connectivity index (χ2n) is 33.6. The topological polar surface area (TPSA) is 277 Å². The molecule has 124 heavy (non-hydrogen) atoms. The summed E-state index contributed by atoms with van der Waals surface area (Å²) in [4.78, 5) is 94.5. The van der Waals surface area contributed by atoms with Gasteiger partial charge >= 0.3 is 22.5 Å². The molecular formula is C97H108FN17O9. The largest absolute Gasteiger partial charge is 0.422 e. The summed E-state index contributed by atoms with van der Waals surface area (Å²) in [6.45, 7) is 28.8. The first-order chi connectivity index (χ1) is 60.0. The van der Waals surface area contributed by atoms with Gasteiger partial charge in [-0.15, -0.1) is 0 Å². The van der Waals surface area contributed by atoms with Crippen molar-refractivity contribution in [3.05, 3.63) is 257 Å². The maximum atomic E-state index is 12.9. The van der Waals surface area contributed by atoms with Crippen molar-refractivity contribution in [3.63, 3.8) is 0 Å². The zero-order chi connectivity index (χ0) is 86.4. The quantitative estimate of drug-likeness (QED) is 0.0499. The number of piperazine rings is 2. The van der Waals surface area contributed by atoms with E-state index in [4.69, 9.17) is 22.8 Å². The fourth-order valence-electron chi connectivity index (χ4n) is 17.4. The Bertz CT molecular complexity index is 6820. The Balaban J connectivity index is 0.000000123. The van der Waals surface area contributed by atoms with Crippen molar-refractivity contribution in [2.75, 3.05) is 117 Å². The van der Waals surface area contributed by atoms with Crippen LogP contribution in [0.4, 0.5) is 10.1 Å². The fraction of sp³-hybridized carbons (Fsp3) is 0.371. The van der Waals surface area contributed by atoms with Crippen molar-refractivity contribution in [1.82, 2.24) is 77.4 Å². The Hall–Kier alpha value is -12.2. The average molecular weight is 1680 g/mol. The number of nitrogens with one attached hydrogen (secondary N) is 1. The van der Waals surface area contributed by atoms with Crippen molar-refractivity contribution in [1.29, 1.82) is 0 Å². The van der Waals surface area contributed by atoms with E-state index in [0.29, 0.717) is 80.0 Å². The Morgan fingerprint density at radius 2 is 0.919 bits per heavy atom. The maximum absolute atomic E-state index is 12.9. The smallest absolute Gasteiger partial charge is 0.345 e. The summed E-state index contributed by atoms with van der Waals surface area (Å²) in [6.07, 6.45) is 24.0. The van der Waals surface area contributed by atoms with Gasteiger partial charge in [-0.3, -0.25) is 24.2 Å². The van der Waals surface area contributed by atoms with Crippen LogP contribution in [0.2, 0.25) is 0 Å². The molecule has 4 aromatic carbocycles. The highest BCUT2D eigenvalue weighted by atomic mass is 19.1. The number of pyridine rings is 1. The van der Waals surface area contributed by atoms with Crippen LogP contribution in [-0.2, 0) is 12.8 Å². The number of fused-ring (bicyclic) bond motifs is 8. The van der Waals surface area contributed by atoms with E-state index in [-0.39, 0.29) is 30.2 Å². The molecule has 19 rings (SSSR count). The van der Waals surface area contributed by atoms with Crippen LogP contribution in [0.15, 0.2) is 196 Å². The van der Waals surface area contributed by atoms with E-state index in [1.807, 2.05) is 201 Å². The average Bonchev–Trinajstić information content (AvgIpc) is 1.54. The lowest BCUT2D eigenvalue weighted by molar-refractivity contribution is 0.168. The number of piperidine rings is 1. The Labute approximate surface area is 717 Å². The molecule has 0 bridgehead atoms. The number of aryl methyl sites for hydroxylation is 9. The lowest BCUT2D eigenvalue weighted by atomic mass is 9.89. The van der Waals surface area contributed by atoms with Gasteiger partial charge in [0, 0.05) is 160 Å². The van der Waals surface area contributed by atoms with E-state index in [2.05, 4.69) is 110 Å². The summed E-state index contributed by atoms with van der Waals surface area (Å²) >= 11 is 0. The molecule has 15 heterocycles. The van der Waals surface area contributed by atoms with E-state index < -0.39 is 5.63 Å². The highest BCUT2D eigenvalue weighted by Crippen LogP contribution is 2.34. The van der Waals surface area contributed by atoms with Gasteiger partial charge in [0.25, 0.3) is 0 Å². The number of aliphatic hydroxyl groups is 1. The molecule has 26 nitrogen and oxygen atoms in total. The van der Waals surface area contributed by atoms with Crippen LogP contribution in [-0.4, -0.2) is 196 Å². The van der Waals surface area contributed by atoms with Crippen molar-refractivity contribution in [3.8, 4) is 44.9 Å². The number of alkyl halides is 1. The molecule has 0 radical (unpaired) electrons. The van der Waals surface area contributed by atoms with Crippen LogP contribution in [0.5, 0.6) is 0 Å². The molecule has 0 amide bonds. The summed E-state index contributed by atoms with van der Waals surface area (Å²) < 4.78 is 42.9. The van der Waals surface area contributed by atoms with Gasteiger partial charge < -0.3 is 65.3 Å². The van der Waals surface area contributed by atoms with Gasteiger partial charge in [0.05, 0.1) is 85.9 Å². The summed E-state index contributed by atoms with van der Waals surface area (Å²) in [5, 5.41) is 16.1. The number of hydrogen-bond acceptors (Lipinski definition) is 22. The summed E-state index contributed by atoms with van der Waals surface area (Å²) in [5.74, 6) is 0.433. The number of aliphatic hydroxyl groups excluding tert-OH is 1. The van der Waals surface area contributed by atoms with Gasteiger partial charge in [-0.05, 0) is 243 Å². The fourth-order valence-corrected chi connectivity index (χ4v) is 17.4. The van der Waals surface area contributed by atoms with Crippen LogP contribution in [0.1, 0.15) is 114 Å². The molecule has 0 aliphatic carbocycles. The first-order valence-electron chi connectivity index (χ1n) is 43.2. The second kappa shape index (κ2) is 37.8. The third-order valence-electron chi connectivity index (χ3n) is 23.8. The van der Waals surface area contributed by atoms with Crippen molar-refractivity contribution in [2.45, 2.75) is 125 Å². The predicted molar refractivity (Wildman–Crippen MR) is 486 cm³/mol. The van der Waals surface area contributed by atoms with Crippen molar-refractivity contribution >= 4 is 72.2 Å². The SMILES string of the molecule is Cc1cn2cc(-c3cc4ccc(C5CCN(CCCF)CC5)cc4oc3=O)nc2c(C)n1.Cc1cn2cc(-c3cc4ccc(CCCCN5CCNCC5)cc4oc3=O)nc2c(C)n1.Cc1cn2cc(-c3cc4ccc(CCCN(C)C)cc4oc3=O)ccc2n1.Cc1cn2cc(-c3cc4ccc(N5CCN(CCCO)[C@@H](C)C5)cc4oc3=O)nc2c(C)n1. The molecule has 642 valence electrons. The normalized spacial score (nSPS) is 15.1. The van der Waals surface area contributed by atoms with Crippen LogP contribution in [0.3, 0.4) is 0 Å². The minimum Gasteiger partial charge on any atom is -0.422 e. The second-order valence-corrected chi connectivity index (χ2v) is 33.6. The van der Waals surface area contributed by atoms with Crippen LogP contribution >= 0.6 is 0 Å². The lowest BCUT2D eigenvalue weighted by Crippen LogP contribution is -2.52. The van der Waals surface area contributed by atoms with Gasteiger partial charge in [-0.2, -0.15) is 0 Å². The number of aromatic nitrogens is 11. The predicted octanol–water partition coefficient (Wildman–Crippen LogP) is 14.9. The van der Waals surface area contributed by atoms with Gasteiger partial charge in [0.2, 0.25) is 0 Å². The summed E-state index contributed by atoms with van der Waals surface area (Å²) in [7, 11) is 4.15. The molecule has 0 spiro atoms. The highest BCUT2D eigenvalue weighted by Gasteiger charge is 2.27. The van der Waals surface area contributed by atoms with Crippen molar-refractivity contribution in [2.24, 2.45) is 0 Å². The lowest BCUT2D eigenvalue weighted by Gasteiger charge is -2.41. The third kappa shape index (κ3) is 19.7. The molecule has 3 fully saturated rings. The van der Waals surface area contributed by atoms with Gasteiger partial charge in [-0.1, -0.05) is 36.4 Å². The Morgan fingerprint density at radius 3 is 1.44 bits per heavy atom. The van der Waals surface area contributed by atoms with E-state index in [9.17, 15) is 23.6 Å². The zero-order valence-electron chi connectivity index (χ0n) is 72.4. The minimum atomic E-state index is -0.396. The molecule has 1 atom stereocenters. The number of halogens is 1. The van der Waals surface area contributed by atoms with Crippen LogP contribution in [0.25, 0.3) is 111 Å².